The minimum atomic E-state index is -0.452. The Kier molecular flexibility index (Phi) is 5.09. The van der Waals surface area contributed by atoms with Crippen LogP contribution in [0.4, 0.5) is 10.1 Å². The average molecular weight is 335 g/mol. The molecule has 0 aliphatic heterocycles. The van der Waals surface area contributed by atoms with Crippen LogP contribution in [0.2, 0.25) is 0 Å². The second-order valence-electron chi connectivity index (χ2n) is 5.74. The third kappa shape index (κ3) is 4.44. The number of para-hydroxylation sites is 1. The molecule has 3 aromatic carbocycles. The van der Waals surface area contributed by atoms with Crippen molar-refractivity contribution in [3.63, 3.8) is 0 Å². The van der Waals surface area contributed by atoms with Gasteiger partial charge in [-0.1, -0.05) is 36.4 Å². The van der Waals surface area contributed by atoms with Crippen molar-refractivity contribution in [1.29, 1.82) is 0 Å². The number of halogens is 1. The highest BCUT2D eigenvalue weighted by molar-refractivity contribution is 6.04. The average Bonchev–Trinajstić information content (AvgIpc) is 2.64. The summed E-state index contributed by atoms with van der Waals surface area (Å²) in [6, 6.07) is 21.2. The Hall–Kier alpha value is -3.14. The predicted molar refractivity (Wildman–Crippen MR) is 96.3 cm³/mol. The zero-order chi connectivity index (χ0) is 17.6. The Bertz CT molecular complexity index is 861. The zero-order valence-corrected chi connectivity index (χ0v) is 13.8. The van der Waals surface area contributed by atoms with Gasteiger partial charge in [0.15, 0.2) is 0 Å². The van der Waals surface area contributed by atoms with E-state index >= 15 is 0 Å². The molecule has 0 atom stereocenters. The van der Waals surface area contributed by atoms with E-state index in [1.54, 1.807) is 24.3 Å². The molecule has 3 aromatic rings. The second kappa shape index (κ2) is 7.62. The molecule has 0 saturated heterocycles. The molecule has 0 fully saturated rings. The number of benzene rings is 3. The van der Waals surface area contributed by atoms with E-state index < -0.39 is 5.82 Å². The van der Waals surface area contributed by atoms with Crippen LogP contribution >= 0.6 is 0 Å². The fraction of sp³-hybridized carbons (Fsp3) is 0.0952. The molecule has 0 spiro atoms. The van der Waals surface area contributed by atoms with Crippen LogP contribution in [-0.4, -0.2) is 5.91 Å². The van der Waals surface area contributed by atoms with Crippen molar-refractivity contribution >= 4 is 11.6 Å². The van der Waals surface area contributed by atoms with Crippen LogP contribution in [0, 0.1) is 12.7 Å². The van der Waals surface area contributed by atoms with Gasteiger partial charge in [0.1, 0.15) is 18.2 Å². The van der Waals surface area contributed by atoms with Crippen molar-refractivity contribution in [1.82, 2.24) is 0 Å². The molecule has 4 heteroatoms. The monoisotopic (exact) mass is 335 g/mol. The summed E-state index contributed by atoms with van der Waals surface area (Å²) >= 11 is 0. The van der Waals surface area contributed by atoms with E-state index in [-0.39, 0.29) is 11.6 Å². The van der Waals surface area contributed by atoms with Crippen LogP contribution < -0.4 is 10.1 Å². The Morgan fingerprint density at radius 3 is 2.44 bits per heavy atom. The molecule has 3 rings (SSSR count). The molecule has 0 aliphatic carbocycles. The van der Waals surface area contributed by atoms with Crippen molar-refractivity contribution < 1.29 is 13.9 Å². The number of hydrogen-bond acceptors (Lipinski definition) is 2. The molecule has 0 heterocycles. The Labute approximate surface area is 146 Å². The summed E-state index contributed by atoms with van der Waals surface area (Å²) in [7, 11) is 0. The number of carbonyl (C=O) groups is 1. The maximum atomic E-state index is 13.7. The number of amides is 1. The fourth-order valence-electron chi connectivity index (χ4n) is 2.37. The molecule has 0 bridgehead atoms. The van der Waals surface area contributed by atoms with E-state index in [0.717, 1.165) is 16.9 Å². The molecule has 0 aromatic heterocycles. The molecule has 1 N–H and O–H groups in total. The third-order valence-electron chi connectivity index (χ3n) is 3.73. The SMILES string of the molecule is Cc1ccc(F)c(NC(=O)c2ccc(COc3ccccc3)cc2)c1. The van der Waals surface area contributed by atoms with Crippen molar-refractivity contribution in [2.75, 3.05) is 5.32 Å². The van der Waals surface area contributed by atoms with Gasteiger partial charge in [-0.25, -0.2) is 4.39 Å². The van der Waals surface area contributed by atoms with Crippen molar-refractivity contribution in [3.05, 3.63) is 95.3 Å². The number of nitrogens with one attached hydrogen (secondary N) is 1. The summed E-state index contributed by atoms with van der Waals surface area (Å²) in [4.78, 5) is 12.3. The minimum absolute atomic E-state index is 0.182. The van der Waals surface area contributed by atoms with E-state index in [2.05, 4.69) is 5.32 Å². The third-order valence-corrected chi connectivity index (χ3v) is 3.73. The van der Waals surface area contributed by atoms with Crippen LogP contribution in [0.5, 0.6) is 5.75 Å². The van der Waals surface area contributed by atoms with E-state index in [0.29, 0.717) is 12.2 Å². The molecule has 3 nitrogen and oxygen atoms in total. The standard InChI is InChI=1S/C21H18FNO2/c1-15-7-12-19(22)20(13-15)23-21(24)17-10-8-16(9-11-17)14-25-18-5-3-2-4-6-18/h2-13H,14H2,1H3,(H,23,24). The number of anilines is 1. The molecule has 0 saturated carbocycles. The predicted octanol–water partition coefficient (Wildman–Crippen LogP) is 4.97. The van der Waals surface area contributed by atoms with Crippen molar-refractivity contribution in [2.24, 2.45) is 0 Å². The molecule has 0 radical (unpaired) electrons. The first-order valence-corrected chi connectivity index (χ1v) is 7.96. The highest BCUT2D eigenvalue weighted by atomic mass is 19.1. The highest BCUT2D eigenvalue weighted by Crippen LogP contribution is 2.17. The first-order valence-electron chi connectivity index (χ1n) is 7.96. The van der Waals surface area contributed by atoms with Gasteiger partial charge in [-0.3, -0.25) is 4.79 Å². The lowest BCUT2D eigenvalue weighted by Crippen LogP contribution is -2.13. The number of ether oxygens (including phenoxy) is 1. The molecular weight excluding hydrogens is 317 g/mol. The maximum Gasteiger partial charge on any atom is 0.255 e. The van der Waals surface area contributed by atoms with Crippen LogP contribution in [0.25, 0.3) is 0 Å². The van der Waals surface area contributed by atoms with E-state index in [1.807, 2.05) is 49.4 Å². The van der Waals surface area contributed by atoms with Gasteiger partial charge in [0, 0.05) is 5.56 Å². The van der Waals surface area contributed by atoms with Crippen LogP contribution in [0.15, 0.2) is 72.8 Å². The van der Waals surface area contributed by atoms with Gasteiger partial charge in [-0.05, 0) is 54.4 Å². The lowest BCUT2D eigenvalue weighted by atomic mass is 10.1. The van der Waals surface area contributed by atoms with Gasteiger partial charge in [0.2, 0.25) is 0 Å². The molecule has 25 heavy (non-hydrogen) atoms. The lowest BCUT2D eigenvalue weighted by Gasteiger charge is -2.09. The normalized spacial score (nSPS) is 10.3. The molecular formula is C21H18FNO2. The Morgan fingerprint density at radius 2 is 1.72 bits per heavy atom. The minimum Gasteiger partial charge on any atom is -0.489 e. The highest BCUT2D eigenvalue weighted by Gasteiger charge is 2.09. The number of hydrogen-bond donors (Lipinski definition) is 1. The van der Waals surface area contributed by atoms with Crippen molar-refractivity contribution in [3.8, 4) is 5.75 Å². The summed E-state index contributed by atoms with van der Waals surface area (Å²) in [5, 5.41) is 2.60. The molecule has 0 aliphatic rings. The van der Waals surface area contributed by atoms with Crippen LogP contribution in [-0.2, 0) is 6.61 Å². The van der Waals surface area contributed by atoms with Crippen LogP contribution in [0.3, 0.4) is 0 Å². The van der Waals surface area contributed by atoms with Crippen molar-refractivity contribution in [2.45, 2.75) is 13.5 Å². The fourth-order valence-corrected chi connectivity index (χ4v) is 2.37. The molecule has 126 valence electrons. The number of rotatable bonds is 5. The topological polar surface area (TPSA) is 38.3 Å². The Morgan fingerprint density at radius 1 is 1.00 bits per heavy atom. The van der Waals surface area contributed by atoms with Gasteiger partial charge in [-0.15, -0.1) is 0 Å². The van der Waals surface area contributed by atoms with E-state index in [9.17, 15) is 9.18 Å². The quantitative estimate of drug-likeness (QED) is 0.715. The molecule has 0 unspecified atom stereocenters. The Balaban J connectivity index is 1.63. The largest absolute Gasteiger partial charge is 0.489 e. The summed E-state index contributed by atoms with van der Waals surface area (Å²) in [5.41, 5.74) is 2.47. The summed E-state index contributed by atoms with van der Waals surface area (Å²) in [6.07, 6.45) is 0. The van der Waals surface area contributed by atoms with E-state index in [1.165, 1.54) is 6.07 Å². The number of carbonyl (C=O) groups excluding carboxylic acids is 1. The van der Waals surface area contributed by atoms with Gasteiger partial charge in [-0.2, -0.15) is 0 Å². The van der Waals surface area contributed by atoms with Gasteiger partial charge >= 0.3 is 0 Å². The zero-order valence-electron chi connectivity index (χ0n) is 13.8. The smallest absolute Gasteiger partial charge is 0.255 e. The summed E-state index contributed by atoms with van der Waals surface area (Å²) in [6.45, 7) is 2.26. The van der Waals surface area contributed by atoms with Gasteiger partial charge in [0.05, 0.1) is 5.69 Å². The second-order valence-corrected chi connectivity index (χ2v) is 5.74. The van der Waals surface area contributed by atoms with E-state index in [4.69, 9.17) is 4.74 Å². The first kappa shape index (κ1) is 16.7. The number of aryl methyl sites for hydroxylation is 1. The first-order chi connectivity index (χ1) is 12.1. The summed E-state index contributed by atoms with van der Waals surface area (Å²) < 4.78 is 19.4. The maximum absolute atomic E-state index is 13.7. The molecule has 1 amide bonds. The van der Waals surface area contributed by atoms with Gasteiger partial charge < -0.3 is 10.1 Å². The van der Waals surface area contributed by atoms with Crippen LogP contribution in [0.1, 0.15) is 21.5 Å². The van der Waals surface area contributed by atoms with Gasteiger partial charge in [0.25, 0.3) is 5.91 Å². The summed E-state index contributed by atoms with van der Waals surface area (Å²) in [5.74, 6) is -0.00824. The lowest BCUT2D eigenvalue weighted by molar-refractivity contribution is 0.102.